The number of halogens is 2. The molecule has 43 heavy (non-hydrogen) atoms. The van der Waals surface area contributed by atoms with Gasteiger partial charge in [0, 0.05) is 67.4 Å². The Hall–Kier alpha value is -2.32. The second-order valence-electron chi connectivity index (χ2n) is 8.53. The van der Waals surface area contributed by atoms with E-state index >= 15 is 0 Å². The summed E-state index contributed by atoms with van der Waals surface area (Å²) in [5.41, 5.74) is 14.5. The fraction of sp³-hybridized carbons (Fsp3) is 0.0667. The van der Waals surface area contributed by atoms with E-state index in [-0.39, 0.29) is 100 Å². The molecule has 0 saturated heterocycles. The summed E-state index contributed by atoms with van der Waals surface area (Å²) in [4.78, 5) is 46.0. The molecule has 0 atom stereocenters. The standard InChI is InChI=1S/2C15H12BrNO3.2Na.H2O/c2*16-11-6-4-9(5-7-11)15(20)12-3-1-2-10(14(12)17)8-13(18)19;;;/h2*1-7H,8,17H2,(H,18,19);;;1H2/q;;2*+1;/p-2. The molecule has 4 aromatic carbocycles. The van der Waals surface area contributed by atoms with Gasteiger partial charge in [0.05, 0.1) is 0 Å². The summed E-state index contributed by atoms with van der Waals surface area (Å²) in [7, 11) is 0. The number of benzene rings is 4. The van der Waals surface area contributed by atoms with E-state index < -0.39 is 11.9 Å². The maximum atomic E-state index is 12.4. The van der Waals surface area contributed by atoms with Gasteiger partial charge in [-0.15, -0.1) is 0 Å². The number of para-hydroxylation sites is 2. The Morgan fingerprint density at radius 2 is 0.860 bits per heavy atom. The van der Waals surface area contributed by atoms with Crippen LogP contribution in [0.25, 0.3) is 0 Å². The average molecular weight is 730 g/mol. The molecule has 0 unspecified atom stereocenters. The van der Waals surface area contributed by atoms with Crippen molar-refractivity contribution in [2.24, 2.45) is 0 Å². The van der Waals surface area contributed by atoms with Crippen LogP contribution in [-0.4, -0.2) is 29.0 Å². The van der Waals surface area contributed by atoms with Crippen molar-refractivity contribution in [2.75, 3.05) is 11.5 Å². The van der Waals surface area contributed by atoms with Gasteiger partial charge in [-0.05, 0) is 71.8 Å². The summed E-state index contributed by atoms with van der Waals surface area (Å²) in [6.45, 7) is 0. The number of aliphatic carboxylic acids is 2. The second-order valence-corrected chi connectivity index (χ2v) is 10.4. The van der Waals surface area contributed by atoms with Crippen molar-refractivity contribution in [3.8, 4) is 0 Å². The molecule has 0 bridgehead atoms. The Labute approximate surface area is 309 Å². The van der Waals surface area contributed by atoms with Crippen LogP contribution in [-0.2, 0) is 22.4 Å². The van der Waals surface area contributed by atoms with Crippen molar-refractivity contribution < 1.29 is 94.0 Å². The Kier molecular flexibility index (Phi) is 18.1. The van der Waals surface area contributed by atoms with Crippen molar-refractivity contribution in [1.29, 1.82) is 0 Å². The number of hydrogen-bond acceptors (Lipinski definition) is 8. The maximum Gasteiger partial charge on any atom is 1.00 e. The molecule has 13 heteroatoms. The first kappa shape index (κ1) is 40.7. The quantitative estimate of drug-likeness (QED) is 0.105. The topological polar surface area (TPSA) is 198 Å². The van der Waals surface area contributed by atoms with E-state index in [2.05, 4.69) is 31.9 Å². The minimum absolute atomic E-state index is 0. The molecule has 0 aromatic heterocycles. The number of ketones is 2. The fourth-order valence-electron chi connectivity index (χ4n) is 3.75. The predicted molar refractivity (Wildman–Crippen MR) is 158 cm³/mol. The average Bonchev–Trinajstić information content (AvgIpc) is 2.91. The summed E-state index contributed by atoms with van der Waals surface area (Å²) in [5.74, 6) is -2.94. The molecule has 9 nitrogen and oxygen atoms in total. The number of carboxylic acid groups (broad SMARTS) is 2. The third-order valence-electron chi connectivity index (χ3n) is 5.76. The van der Waals surface area contributed by atoms with E-state index in [0.29, 0.717) is 33.4 Å². The SMILES string of the molecule is Nc1c(CC(=O)[O-])cccc1C(=O)c1ccc(Br)cc1.Nc1c(CC(=O)[O-])cccc1C(=O)c1ccc(Br)cc1.O.[Na+].[Na+]. The van der Waals surface area contributed by atoms with Crippen LogP contribution in [0.15, 0.2) is 93.9 Å². The molecule has 0 aliphatic heterocycles. The van der Waals surface area contributed by atoms with Crippen LogP contribution >= 0.6 is 31.9 Å². The van der Waals surface area contributed by atoms with Gasteiger partial charge in [0.25, 0.3) is 0 Å². The third kappa shape index (κ3) is 11.6. The number of hydrogen-bond donors (Lipinski definition) is 2. The molecule has 6 N–H and O–H groups in total. The Morgan fingerprint density at radius 1 is 0.558 bits per heavy atom. The minimum Gasteiger partial charge on any atom is -0.550 e. The van der Waals surface area contributed by atoms with Gasteiger partial charge in [-0.25, -0.2) is 0 Å². The number of carboxylic acids is 2. The Morgan fingerprint density at radius 3 is 1.14 bits per heavy atom. The van der Waals surface area contributed by atoms with Crippen molar-refractivity contribution >= 4 is 66.7 Å². The monoisotopic (exact) mass is 728 g/mol. The van der Waals surface area contributed by atoms with Crippen LogP contribution in [0.2, 0.25) is 0 Å². The fourth-order valence-corrected chi connectivity index (χ4v) is 4.28. The Bertz CT molecular complexity index is 1460. The summed E-state index contributed by atoms with van der Waals surface area (Å²) < 4.78 is 1.74. The third-order valence-corrected chi connectivity index (χ3v) is 6.82. The molecule has 4 aromatic rings. The zero-order valence-corrected chi connectivity index (χ0v) is 30.5. The summed E-state index contributed by atoms with van der Waals surface area (Å²) >= 11 is 6.59. The molecule has 4 rings (SSSR count). The minimum atomic E-state index is -1.23. The molecule has 0 radical (unpaired) electrons. The molecular weight excluding hydrogens is 706 g/mol. The summed E-state index contributed by atoms with van der Waals surface area (Å²) in [5, 5.41) is 21.3. The molecule has 0 aliphatic carbocycles. The van der Waals surface area contributed by atoms with E-state index in [0.717, 1.165) is 8.95 Å². The molecule has 0 heterocycles. The second kappa shape index (κ2) is 19.1. The predicted octanol–water partition coefficient (Wildman–Crippen LogP) is -3.71. The number of carbonyl (C=O) groups is 4. The number of carbonyl (C=O) groups excluding carboxylic acids is 4. The summed E-state index contributed by atoms with van der Waals surface area (Å²) in [6, 6.07) is 23.3. The number of rotatable bonds is 8. The van der Waals surface area contributed by atoms with E-state index in [9.17, 15) is 29.4 Å². The van der Waals surface area contributed by atoms with Gasteiger partial charge in [0.1, 0.15) is 0 Å². The van der Waals surface area contributed by atoms with Crippen LogP contribution < -0.4 is 80.8 Å². The van der Waals surface area contributed by atoms with Crippen LogP contribution in [0, 0.1) is 0 Å². The Balaban J connectivity index is 0.000000767. The van der Waals surface area contributed by atoms with Crippen molar-refractivity contribution in [2.45, 2.75) is 12.8 Å². The van der Waals surface area contributed by atoms with Gasteiger partial charge in [-0.3, -0.25) is 9.59 Å². The zero-order valence-electron chi connectivity index (χ0n) is 23.4. The maximum absolute atomic E-state index is 12.4. The van der Waals surface area contributed by atoms with Gasteiger partial charge in [-0.2, -0.15) is 0 Å². The molecule has 0 spiro atoms. The van der Waals surface area contributed by atoms with Crippen molar-refractivity contribution in [1.82, 2.24) is 0 Å². The number of nitrogen functional groups attached to an aromatic ring is 2. The van der Waals surface area contributed by atoms with E-state index in [1.165, 1.54) is 0 Å². The normalized spacial score (nSPS) is 9.53. The smallest absolute Gasteiger partial charge is 0.550 e. The van der Waals surface area contributed by atoms with Gasteiger partial charge in [-0.1, -0.05) is 56.1 Å². The van der Waals surface area contributed by atoms with Crippen LogP contribution in [0.5, 0.6) is 0 Å². The van der Waals surface area contributed by atoms with Gasteiger partial charge in [0.2, 0.25) is 0 Å². The van der Waals surface area contributed by atoms with Crippen LogP contribution in [0.1, 0.15) is 43.0 Å². The van der Waals surface area contributed by atoms with E-state index in [1.54, 1.807) is 84.9 Å². The van der Waals surface area contributed by atoms with E-state index in [1.807, 2.05) is 0 Å². The zero-order chi connectivity index (χ0) is 29.4. The first-order valence-corrected chi connectivity index (χ1v) is 13.3. The number of nitrogens with two attached hydrogens (primary N) is 2. The largest absolute Gasteiger partial charge is 1.00 e. The molecule has 0 saturated carbocycles. The first-order valence-electron chi connectivity index (χ1n) is 11.7. The molecule has 0 aliphatic rings. The molecule has 212 valence electrons. The molecule has 0 fully saturated rings. The first-order chi connectivity index (χ1) is 19.0. The number of anilines is 2. The van der Waals surface area contributed by atoms with Gasteiger partial charge >= 0.3 is 59.1 Å². The summed E-state index contributed by atoms with van der Waals surface area (Å²) in [6.07, 6.45) is -0.624. The van der Waals surface area contributed by atoms with Crippen LogP contribution in [0.3, 0.4) is 0 Å². The van der Waals surface area contributed by atoms with Crippen LogP contribution in [0.4, 0.5) is 11.4 Å². The van der Waals surface area contributed by atoms with Gasteiger partial charge < -0.3 is 36.7 Å². The molecule has 0 amide bonds. The molecular formula is C30H24Br2N2Na2O7. The van der Waals surface area contributed by atoms with E-state index in [4.69, 9.17) is 11.5 Å². The van der Waals surface area contributed by atoms with Crippen molar-refractivity contribution in [3.63, 3.8) is 0 Å². The van der Waals surface area contributed by atoms with Gasteiger partial charge in [0.15, 0.2) is 11.6 Å². The van der Waals surface area contributed by atoms with Crippen molar-refractivity contribution in [3.05, 3.63) is 127 Å².